The molecule has 12 nitrogen and oxygen atoms in total. The van der Waals surface area contributed by atoms with Gasteiger partial charge in [-0.3, -0.25) is 23.4 Å². The van der Waals surface area contributed by atoms with Gasteiger partial charge in [-0.25, -0.2) is 4.57 Å². The van der Waals surface area contributed by atoms with E-state index >= 15 is 0 Å². The Bertz CT molecular complexity index is 1430. The first-order valence-electron chi connectivity index (χ1n) is 21.4. The third-order valence-corrected chi connectivity index (χ3v) is 9.67. The molecule has 0 aromatic carbocycles. The molecular formula is C46H72NO11P. The molecule has 5 atom stereocenters. The Morgan fingerprint density at radius 3 is 1.63 bits per heavy atom. The Morgan fingerprint density at radius 1 is 0.627 bits per heavy atom. The number of carboxylic acids is 1. The lowest BCUT2D eigenvalue weighted by molar-refractivity contribution is -0.161. The summed E-state index contributed by atoms with van der Waals surface area (Å²) < 4.78 is 38.3. The highest BCUT2D eigenvalue weighted by Crippen LogP contribution is 2.43. The van der Waals surface area contributed by atoms with Gasteiger partial charge >= 0.3 is 25.7 Å². The number of hydrogen-bond donors (Lipinski definition) is 3. The average molecular weight is 846 g/mol. The summed E-state index contributed by atoms with van der Waals surface area (Å²) in [5, 5.41) is 8.89. The van der Waals surface area contributed by atoms with Crippen molar-refractivity contribution in [3.8, 4) is 0 Å². The maximum Gasteiger partial charge on any atom is 0.472 e. The number of phosphoric acid groups is 1. The van der Waals surface area contributed by atoms with E-state index in [-0.39, 0.29) is 12.8 Å². The molecule has 0 saturated carbocycles. The van der Waals surface area contributed by atoms with Crippen LogP contribution >= 0.6 is 7.82 Å². The standard InChI is InChI=1S/C46H72NO11P/c1-3-5-7-9-11-12-13-14-15-16-17-18-19-20-23-27-31-35-44(48)54-37-40(38-55-59(52,53)56-39-41(47)46(50)51)57-45(49)36-32-28-24-21-22-26-30-34-43-42(58-43)33-29-25-10-8-6-4-2/h5,7,11-12,14-15,17-18,20-21,23-26,29-30,40-43H,3-4,6,8-10,13,16,19,22,27-28,31-39,47H2,1-2H3,(H,50,51)(H,52,53)/b7-5-,12-11-,15-14-,18-17-,23-20-,24-21-,29-25-,30-26-/t40-,41+,42?,43?/m1/s1. The van der Waals surface area contributed by atoms with Crippen molar-refractivity contribution in [1.29, 1.82) is 0 Å². The molecule has 0 amide bonds. The molecule has 1 aliphatic heterocycles. The van der Waals surface area contributed by atoms with Gasteiger partial charge in [0.25, 0.3) is 0 Å². The molecule has 0 spiro atoms. The van der Waals surface area contributed by atoms with Crippen molar-refractivity contribution in [2.75, 3.05) is 19.8 Å². The third kappa shape index (κ3) is 33.8. The lowest BCUT2D eigenvalue weighted by atomic mass is 10.1. The molecule has 4 N–H and O–H groups in total. The van der Waals surface area contributed by atoms with Gasteiger partial charge in [0.05, 0.1) is 25.4 Å². The maximum absolute atomic E-state index is 12.6. The molecule has 0 aliphatic carbocycles. The largest absolute Gasteiger partial charge is 0.480 e. The van der Waals surface area contributed by atoms with Gasteiger partial charge in [-0.15, -0.1) is 0 Å². The summed E-state index contributed by atoms with van der Waals surface area (Å²) in [6, 6.07) is -1.55. The Labute approximate surface area is 353 Å². The molecule has 332 valence electrons. The van der Waals surface area contributed by atoms with Crippen LogP contribution in [0.2, 0.25) is 0 Å². The van der Waals surface area contributed by atoms with Crippen LogP contribution in [-0.4, -0.2) is 72.1 Å². The number of ether oxygens (including phenoxy) is 3. The van der Waals surface area contributed by atoms with E-state index in [0.29, 0.717) is 37.9 Å². The van der Waals surface area contributed by atoms with Crippen molar-refractivity contribution >= 4 is 25.7 Å². The minimum atomic E-state index is -4.76. The number of carboxylic acid groups (broad SMARTS) is 1. The van der Waals surface area contributed by atoms with Gasteiger partial charge in [0.2, 0.25) is 0 Å². The predicted octanol–water partition coefficient (Wildman–Crippen LogP) is 10.3. The number of phosphoric ester groups is 1. The highest BCUT2D eigenvalue weighted by atomic mass is 31.2. The number of hydrogen-bond acceptors (Lipinski definition) is 10. The van der Waals surface area contributed by atoms with Crippen molar-refractivity contribution in [2.24, 2.45) is 5.73 Å². The van der Waals surface area contributed by atoms with Crippen LogP contribution in [0.4, 0.5) is 0 Å². The Morgan fingerprint density at radius 2 is 1.08 bits per heavy atom. The van der Waals surface area contributed by atoms with Crippen molar-refractivity contribution in [2.45, 2.75) is 154 Å². The van der Waals surface area contributed by atoms with Crippen LogP contribution in [0.5, 0.6) is 0 Å². The zero-order valence-electron chi connectivity index (χ0n) is 35.5. The van der Waals surface area contributed by atoms with Crippen LogP contribution in [0.1, 0.15) is 129 Å². The van der Waals surface area contributed by atoms with E-state index in [0.717, 1.165) is 57.8 Å². The van der Waals surface area contributed by atoms with Crippen LogP contribution in [-0.2, 0) is 42.2 Å². The fourth-order valence-corrected chi connectivity index (χ4v) is 6.03. The zero-order valence-corrected chi connectivity index (χ0v) is 36.4. The Kier molecular flexibility index (Phi) is 32.8. The summed E-state index contributed by atoms with van der Waals surface area (Å²) >= 11 is 0. The average Bonchev–Trinajstić information content (AvgIpc) is 3.97. The monoisotopic (exact) mass is 845 g/mol. The summed E-state index contributed by atoms with van der Waals surface area (Å²) in [6.07, 6.45) is 48.0. The number of unbranched alkanes of at least 4 members (excludes halogenated alkanes) is 5. The van der Waals surface area contributed by atoms with E-state index in [2.05, 4.69) is 91.3 Å². The van der Waals surface area contributed by atoms with E-state index in [1.807, 2.05) is 24.3 Å². The first-order valence-corrected chi connectivity index (χ1v) is 22.9. The first-order chi connectivity index (χ1) is 28.6. The van der Waals surface area contributed by atoms with E-state index in [9.17, 15) is 23.8 Å². The molecular weight excluding hydrogens is 773 g/mol. The van der Waals surface area contributed by atoms with Gasteiger partial charge in [-0.1, -0.05) is 124 Å². The highest BCUT2D eigenvalue weighted by Gasteiger charge is 2.36. The number of rotatable bonds is 37. The molecule has 13 heteroatoms. The van der Waals surface area contributed by atoms with E-state index < -0.39 is 57.7 Å². The molecule has 0 aromatic rings. The number of carbonyl (C=O) groups excluding carboxylic acids is 2. The minimum absolute atomic E-state index is 0.0616. The highest BCUT2D eigenvalue weighted by molar-refractivity contribution is 7.47. The van der Waals surface area contributed by atoms with Crippen LogP contribution in [0.3, 0.4) is 0 Å². The van der Waals surface area contributed by atoms with Gasteiger partial charge in [-0.05, 0) is 89.9 Å². The molecule has 1 heterocycles. The van der Waals surface area contributed by atoms with Crippen molar-refractivity contribution in [3.05, 3.63) is 97.2 Å². The van der Waals surface area contributed by atoms with Crippen molar-refractivity contribution in [3.63, 3.8) is 0 Å². The molecule has 59 heavy (non-hydrogen) atoms. The molecule has 0 bridgehead atoms. The number of allylic oxidation sites excluding steroid dienone is 14. The lowest BCUT2D eigenvalue weighted by Crippen LogP contribution is -2.34. The quantitative estimate of drug-likeness (QED) is 0.0177. The molecule has 0 aromatic heterocycles. The van der Waals surface area contributed by atoms with Gasteiger partial charge < -0.3 is 29.9 Å². The summed E-state index contributed by atoms with van der Waals surface area (Å²) in [5.41, 5.74) is 5.32. The summed E-state index contributed by atoms with van der Waals surface area (Å²) in [6.45, 7) is 2.51. The molecule has 1 rings (SSSR count). The summed E-state index contributed by atoms with van der Waals surface area (Å²) in [4.78, 5) is 45.9. The fraction of sp³-hybridized carbons (Fsp3) is 0.587. The zero-order chi connectivity index (χ0) is 43.2. The fourth-order valence-electron chi connectivity index (χ4n) is 5.25. The Hall–Kier alpha value is -3.64. The Balaban J connectivity index is 2.39. The van der Waals surface area contributed by atoms with Crippen LogP contribution in [0.15, 0.2) is 97.2 Å². The van der Waals surface area contributed by atoms with Gasteiger partial charge in [0.1, 0.15) is 12.6 Å². The second kappa shape index (κ2) is 36.2. The number of aliphatic carboxylic acids is 1. The normalized spacial score (nSPS) is 18.1. The molecule has 1 aliphatic rings. The van der Waals surface area contributed by atoms with E-state index in [1.54, 1.807) is 0 Å². The topological polar surface area (TPSA) is 184 Å². The molecule has 3 unspecified atom stereocenters. The maximum atomic E-state index is 12.6. The van der Waals surface area contributed by atoms with Gasteiger partial charge in [0, 0.05) is 12.8 Å². The van der Waals surface area contributed by atoms with E-state index in [1.165, 1.54) is 19.3 Å². The minimum Gasteiger partial charge on any atom is -0.480 e. The van der Waals surface area contributed by atoms with Crippen LogP contribution in [0, 0.1) is 0 Å². The molecule has 0 radical (unpaired) electrons. The SMILES string of the molecule is CC/C=C\C/C=C\C/C=C\C/C=C\C/C=C\CCCC(=O)OC[C@H](COP(=O)(O)OC[C@H](N)C(=O)O)OC(=O)CCC/C=C\C/C=C\CC1OC1C/C=C\CCCCC. The molecule has 1 saturated heterocycles. The lowest BCUT2D eigenvalue weighted by Gasteiger charge is -2.20. The third-order valence-electron chi connectivity index (χ3n) is 8.72. The van der Waals surface area contributed by atoms with E-state index in [4.69, 9.17) is 29.6 Å². The summed E-state index contributed by atoms with van der Waals surface area (Å²) in [7, 11) is -4.76. The number of carbonyl (C=O) groups is 3. The predicted molar refractivity (Wildman–Crippen MR) is 234 cm³/mol. The molecule has 1 fully saturated rings. The number of epoxide rings is 1. The number of esters is 2. The van der Waals surface area contributed by atoms with Gasteiger partial charge in [-0.2, -0.15) is 0 Å². The first kappa shape index (κ1) is 53.4. The second-order valence-electron chi connectivity index (χ2n) is 14.1. The van der Waals surface area contributed by atoms with Gasteiger partial charge in [0.15, 0.2) is 6.10 Å². The smallest absolute Gasteiger partial charge is 0.472 e. The number of nitrogens with two attached hydrogens (primary N) is 1. The van der Waals surface area contributed by atoms with Crippen LogP contribution in [0.25, 0.3) is 0 Å². The van der Waals surface area contributed by atoms with Crippen molar-refractivity contribution in [1.82, 2.24) is 0 Å². The summed E-state index contributed by atoms with van der Waals surface area (Å²) in [5.74, 6) is -2.55. The van der Waals surface area contributed by atoms with Crippen molar-refractivity contribution < 1.29 is 52.2 Å². The van der Waals surface area contributed by atoms with Crippen LogP contribution < -0.4 is 5.73 Å². The second-order valence-corrected chi connectivity index (χ2v) is 15.6.